The number of rotatable bonds is 13. The Morgan fingerprint density at radius 3 is 2.70 bits per heavy atom. The fourth-order valence-corrected chi connectivity index (χ4v) is 6.24. The van der Waals surface area contributed by atoms with Gasteiger partial charge in [0.2, 0.25) is 5.91 Å². The molecule has 0 spiro atoms. The number of allylic oxidation sites excluding steroid dienone is 2. The maximum atomic E-state index is 13.4. The quantitative estimate of drug-likeness (QED) is 0.108. The van der Waals surface area contributed by atoms with Crippen LogP contribution in [0.5, 0.6) is 5.75 Å². The van der Waals surface area contributed by atoms with E-state index in [2.05, 4.69) is 20.8 Å². The number of fused-ring (bicyclic) bond motifs is 1. The monoisotopic (exact) mass is 665 g/mol. The zero-order valence-corrected chi connectivity index (χ0v) is 26.3. The number of carbonyl (C=O) groups excluding carboxylic acids is 4. The maximum absolute atomic E-state index is 13.4. The molecule has 0 saturated carbocycles. The fraction of sp³-hybridized carbons (Fsp3) is 0.357. The molecule has 1 fully saturated rings. The van der Waals surface area contributed by atoms with Crippen molar-refractivity contribution in [1.29, 1.82) is 0 Å². The van der Waals surface area contributed by atoms with Gasteiger partial charge < -0.3 is 24.9 Å². The number of benzene rings is 1. The summed E-state index contributed by atoms with van der Waals surface area (Å²) >= 11 is 8.21. The summed E-state index contributed by atoms with van der Waals surface area (Å²) in [6.45, 7) is 2.11. The van der Waals surface area contributed by atoms with Gasteiger partial charge in [-0.05, 0) is 30.2 Å². The number of thioether (sulfide) groups is 1. The average Bonchev–Trinajstić information content (AvgIpc) is 3.46. The van der Waals surface area contributed by atoms with Crippen molar-refractivity contribution in [3.8, 4) is 5.75 Å². The molecule has 12 nitrogen and oxygen atoms in total. The van der Waals surface area contributed by atoms with E-state index in [4.69, 9.17) is 25.9 Å². The molecule has 234 valence electrons. The summed E-state index contributed by atoms with van der Waals surface area (Å²) in [6.07, 6.45) is 1.97. The number of hydrogen-bond donors (Lipinski definition) is 2. The number of alkyl halides is 2. The van der Waals surface area contributed by atoms with Gasteiger partial charge in [0, 0.05) is 23.9 Å². The summed E-state index contributed by atoms with van der Waals surface area (Å²) in [5.74, 6) is -1.23. The van der Waals surface area contributed by atoms with E-state index in [1.54, 1.807) is 43.5 Å². The van der Waals surface area contributed by atoms with Crippen molar-refractivity contribution in [2.24, 2.45) is 5.16 Å². The molecule has 3 amide bonds. The van der Waals surface area contributed by atoms with E-state index in [9.17, 15) is 23.6 Å². The molecule has 1 unspecified atom stereocenters. The molecule has 1 saturated heterocycles. The Labute approximate surface area is 265 Å². The SMILES string of the molecule is COc1ccc(COC(=O)C2=C(/C=C/CCl)CS[C@H]3[C@H](NC(=O)/C(=N\OCC(C)F)c4csc(NC(C)=O)n4)C(=O)N23)cc1. The number of methoxy groups -OCH3 is 1. The zero-order valence-electron chi connectivity index (χ0n) is 23.9. The second-order valence-corrected chi connectivity index (χ2v) is 11.7. The first-order valence-electron chi connectivity index (χ1n) is 13.2. The molecular formula is C28H29ClFN5O7S2. The predicted octanol–water partition coefficient (Wildman–Crippen LogP) is 3.38. The zero-order chi connectivity index (χ0) is 31.8. The number of carbonyl (C=O) groups is 4. The number of esters is 1. The van der Waals surface area contributed by atoms with E-state index in [1.807, 2.05) is 0 Å². The van der Waals surface area contributed by atoms with Gasteiger partial charge in [0.1, 0.15) is 47.9 Å². The molecule has 0 aliphatic carbocycles. The van der Waals surface area contributed by atoms with Gasteiger partial charge in [-0.25, -0.2) is 14.2 Å². The topological polar surface area (TPSA) is 149 Å². The second kappa shape index (κ2) is 15.2. The van der Waals surface area contributed by atoms with Gasteiger partial charge in [0.25, 0.3) is 11.8 Å². The van der Waals surface area contributed by atoms with Gasteiger partial charge in [0.05, 0.1) is 7.11 Å². The summed E-state index contributed by atoms with van der Waals surface area (Å²) in [4.78, 5) is 61.9. The lowest BCUT2D eigenvalue weighted by atomic mass is 10.0. The van der Waals surface area contributed by atoms with Crippen molar-refractivity contribution < 1.29 is 37.9 Å². The van der Waals surface area contributed by atoms with E-state index >= 15 is 0 Å². The van der Waals surface area contributed by atoms with Gasteiger partial charge >= 0.3 is 5.97 Å². The summed E-state index contributed by atoms with van der Waals surface area (Å²) in [7, 11) is 1.55. The number of amides is 3. The van der Waals surface area contributed by atoms with E-state index < -0.39 is 42.0 Å². The lowest BCUT2D eigenvalue weighted by Crippen LogP contribution is -2.71. The number of aromatic nitrogens is 1. The van der Waals surface area contributed by atoms with Crippen LogP contribution in [0.2, 0.25) is 0 Å². The molecule has 1 aromatic carbocycles. The highest BCUT2D eigenvalue weighted by atomic mass is 35.5. The molecule has 2 aromatic rings. The number of halogens is 2. The van der Waals surface area contributed by atoms with Crippen LogP contribution in [0.15, 0.2) is 58.2 Å². The van der Waals surface area contributed by atoms with Crippen LogP contribution in [0.25, 0.3) is 0 Å². The third-order valence-electron chi connectivity index (χ3n) is 6.12. The van der Waals surface area contributed by atoms with E-state index in [1.165, 1.54) is 35.9 Å². The molecule has 1 aromatic heterocycles. The van der Waals surface area contributed by atoms with Gasteiger partial charge in [-0.2, -0.15) is 0 Å². The number of nitrogens with one attached hydrogen (secondary N) is 2. The standard InChI is InChI=1S/C28H29ClFN5O7S2/c1-15(30)11-42-34-21(20-14-44-28(32-20)31-16(2)36)24(37)33-22-25(38)35-23(18(5-4-10-29)13-43-26(22)35)27(39)41-12-17-6-8-19(40-3)9-7-17/h4-9,14-15,22,26H,10-13H2,1-3H3,(H,33,37)(H,31,32,36)/b5-4+,34-21-/t15?,22-,26+/m1/s1. The Kier molecular flexibility index (Phi) is 11.4. The number of β-lactam (4-membered cyclic amide) rings is 1. The molecule has 2 aliphatic rings. The van der Waals surface area contributed by atoms with Crippen molar-refractivity contribution in [3.63, 3.8) is 0 Å². The smallest absolute Gasteiger partial charge is 0.355 e. The van der Waals surface area contributed by atoms with Gasteiger partial charge in [-0.15, -0.1) is 34.7 Å². The Morgan fingerprint density at radius 1 is 1.30 bits per heavy atom. The first kappa shape index (κ1) is 33.0. The van der Waals surface area contributed by atoms with Gasteiger partial charge in [-0.3, -0.25) is 19.3 Å². The van der Waals surface area contributed by atoms with Crippen LogP contribution in [0.4, 0.5) is 9.52 Å². The molecule has 16 heteroatoms. The number of nitrogens with zero attached hydrogens (tertiary/aromatic N) is 3. The molecule has 0 radical (unpaired) electrons. The Balaban J connectivity index is 1.51. The molecule has 44 heavy (non-hydrogen) atoms. The molecule has 2 aliphatic heterocycles. The average molecular weight is 666 g/mol. The Morgan fingerprint density at radius 2 is 2.05 bits per heavy atom. The van der Waals surface area contributed by atoms with Crippen LogP contribution in [0.1, 0.15) is 25.1 Å². The highest BCUT2D eigenvalue weighted by molar-refractivity contribution is 8.00. The largest absolute Gasteiger partial charge is 0.497 e. The first-order valence-corrected chi connectivity index (χ1v) is 15.7. The summed E-state index contributed by atoms with van der Waals surface area (Å²) in [6, 6.07) is 5.97. The summed E-state index contributed by atoms with van der Waals surface area (Å²) < 4.78 is 24.0. The minimum Gasteiger partial charge on any atom is -0.497 e. The van der Waals surface area contributed by atoms with Crippen molar-refractivity contribution >= 4 is 69.2 Å². The lowest BCUT2D eigenvalue weighted by Gasteiger charge is -2.49. The van der Waals surface area contributed by atoms with Crippen molar-refractivity contribution in [2.75, 3.05) is 30.7 Å². The van der Waals surface area contributed by atoms with E-state index in [-0.39, 0.29) is 40.6 Å². The van der Waals surface area contributed by atoms with Crippen molar-refractivity contribution in [3.05, 3.63) is 64.3 Å². The van der Waals surface area contributed by atoms with Crippen LogP contribution in [0, 0.1) is 0 Å². The minimum atomic E-state index is -1.36. The number of ether oxygens (including phenoxy) is 2. The highest BCUT2D eigenvalue weighted by Gasteiger charge is 2.54. The van der Waals surface area contributed by atoms with Crippen LogP contribution < -0.4 is 15.4 Å². The predicted molar refractivity (Wildman–Crippen MR) is 164 cm³/mol. The van der Waals surface area contributed by atoms with E-state index in [0.29, 0.717) is 17.1 Å². The Hall–Kier alpha value is -3.95. The fourth-order valence-electron chi connectivity index (χ4n) is 4.10. The highest BCUT2D eigenvalue weighted by Crippen LogP contribution is 2.41. The molecule has 4 rings (SSSR count). The molecule has 3 atom stereocenters. The van der Waals surface area contributed by atoms with Crippen molar-refractivity contribution in [2.45, 2.75) is 38.0 Å². The molecule has 2 N–H and O–H groups in total. The summed E-state index contributed by atoms with van der Waals surface area (Å²) in [5, 5.41) is 9.96. The number of oxime groups is 1. The van der Waals surface area contributed by atoms with E-state index in [0.717, 1.165) is 16.9 Å². The van der Waals surface area contributed by atoms with Crippen LogP contribution >= 0.6 is 34.7 Å². The van der Waals surface area contributed by atoms with Gasteiger partial charge in [-0.1, -0.05) is 29.4 Å². The summed E-state index contributed by atoms with van der Waals surface area (Å²) in [5.41, 5.74) is 1.07. The van der Waals surface area contributed by atoms with Crippen molar-refractivity contribution in [1.82, 2.24) is 15.2 Å². The van der Waals surface area contributed by atoms with Crippen LogP contribution in [-0.4, -0.2) is 82.2 Å². The third kappa shape index (κ3) is 7.95. The molecule has 3 heterocycles. The molecule has 0 bridgehead atoms. The normalized spacial score (nSPS) is 18.8. The Bertz CT molecular complexity index is 1500. The first-order chi connectivity index (χ1) is 21.1. The minimum absolute atomic E-state index is 0.0374. The number of hydrogen-bond acceptors (Lipinski definition) is 11. The second-order valence-electron chi connectivity index (χ2n) is 9.45. The lowest BCUT2D eigenvalue weighted by molar-refractivity contribution is -0.153. The molecular weight excluding hydrogens is 637 g/mol. The number of anilines is 1. The van der Waals surface area contributed by atoms with Crippen LogP contribution in [0.3, 0.4) is 0 Å². The maximum Gasteiger partial charge on any atom is 0.355 e. The van der Waals surface area contributed by atoms with Gasteiger partial charge in [0.15, 0.2) is 10.8 Å². The van der Waals surface area contributed by atoms with Crippen LogP contribution in [-0.2, 0) is 35.4 Å². The number of thiazole rings is 1. The third-order valence-corrected chi connectivity index (χ3v) is 8.36.